The molecule has 9 nitrogen and oxygen atoms in total. The van der Waals surface area contributed by atoms with Crippen LogP contribution in [0.4, 0.5) is 19.0 Å². The summed E-state index contributed by atoms with van der Waals surface area (Å²) in [5, 5.41) is 11.6. The summed E-state index contributed by atoms with van der Waals surface area (Å²) in [7, 11) is 0. The minimum atomic E-state index is -0.933. The molecule has 4 fully saturated rings. The summed E-state index contributed by atoms with van der Waals surface area (Å²) in [5.74, 6) is 1.24. The molecule has 6 heterocycles. The van der Waals surface area contributed by atoms with Crippen LogP contribution in [0.2, 0.25) is 0 Å². The summed E-state index contributed by atoms with van der Waals surface area (Å²) >= 11 is 0. The molecule has 2 aromatic heterocycles. The molecule has 1 spiro atoms. The number of ether oxygens (including phenoxy) is 2. The molecule has 12 heteroatoms. The number of halogens is 3. The number of rotatable bonds is 5. The number of hydrogen-bond acceptors (Lipinski definition) is 9. The van der Waals surface area contributed by atoms with E-state index in [1.807, 2.05) is 6.92 Å². The van der Waals surface area contributed by atoms with Crippen LogP contribution in [0.15, 0.2) is 30.5 Å². The Kier molecular flexibility index (Phi) is 7.43. The van der Waals surface area contributed by atoms with Gasteiger partial charge in [-0.25, -0.2) is 13.2 Å². The number of fused-ring (bicyclic) bond motifs is 3. The maximum absolute atomic E-state index is 16.9. The van der Waals surface area contributed by atoms with Crippen LogP contribution in [0, 0.1) is 29.4 Å². The second-order valence-electron chi connectivity index (χ2n) is 13.9. The summed E-state index contributed by atoms with van der Waals surface area (Å²) in [4.78, 5) is 18.1. The van der Waals surface area contributed by atoms with E-state index < -0.39 is 23.3 Å². The van der Waals surface area contributed by atoms with Crippen LogP contribution in [0.3, 0.4) is 0 Å². The van der Waals surface area contributed by atoms with Gasteiger partial charge in [0.1, 0.15) is 41.4 Å². The number of pyridine rings is 1. The van der Waals surface area contributed by atoms with Gasteiger partial charge in [0.15, 0.2) is 5.82 Å². The number of benzene rings is 2. The lowest BCUT2D eigenvalue weighted by atomic mass is 9.73. The average molecular weight is 659 g/mol. The molecule has 4 aliphatic rings. The van der Waals surface area contributed by atoms with Gasteiger partial charge in [-0.2, -0.15) is 9.97 Å². The van der Waals surface area contributed by atoms with Gasteiger partial charge < -0.3 is 25.2 Å². The molecule has 2 aromatic carbocycles. The molecule has 0 bridgehead atoms. The Balaban J connectivity index is 1.24. The number of nitrogens with two attached hydrogens (primary N) is 1. The largest absolute Gasteiger partial charge is 0.508 e. The third kappa shape index (κ3) is 4.85. The van der Waals surface area contributed by atoms with Crippen LogP contribution in [0.1, 0.15) is 44.6 Å². The van der Waals surface area contributed by atoms with Crippen molar-refractivity contribution in [3.05, 3.63) is 47.7 Å². The highest BCUT2D eigenvalue weighted by Crippen LogP contribution is 2.44. The predicted molar refractivity (Wildman–Crippen MR) is 176 cm³/mol. The van der Waals surface area contributed by atoms with Crippen molar-refractivity contribution in [2.24, 2.45) is 11.1 Å². The Morgan fingerprint density at radius 2 is 1.98 bits per heavy atom. The van der Waals surface area contributed by atoms with Crippen molar-refractivity contribution < 1.29 is 27.8 Å². The molecule has 4 aromatic rings. The molecule has 4 aliphatic heterocycles. The molecule has 0 amide bonds. The van der Waals surface area contributed by atoms with Crippen LogP contribution in [-0.4, -0.2) is 88.2 Å². The van der Waals surface area contributed by atoms with Gasteiger partial charge in [-0.05, 0) is 62.7 Å². The standard InChI is InChI=1S/C36H37F3N6O3/c1-3-24-27(38)6-5-21-13-23(46)14-25(28(21)24)30-29(39)31-26(16-41-30)33(44-11-8-35(9-12-44)18-47-20(2)32(35)40)43-34(42-31)48-19-36-7-4-10-45(36)17-22(37)15-36/h1,5-6,13-14,16,20,22,32,46H,4,7-12,15,17-19,40H2,2H3/t20-,22+,32+,36-/m0/s1. The molecule has 250 valence electrons. The summed E-state index contributed by atoms with van der Waals surface area (Å²) in [6, 6.07) is 5.33. The Morgan fingerprint density at radius 3 is 2.73 bits per heavy atom. The van der Waals surface area contributed by atoms with Crippen molar-refractivity contribution >= 4 is 27.5 Å². The van der Waals surface area contributed by atoms with Gasteiger partial charge in [-0.3, -0.25) is 9.88 Å². The summed E-state index contributed by atoms with van der Waals surface area (Å²) in [5.41, 5.74) is 5.84. The Labute approximate surface area is 276 Å². The van der Waals surface area contributed by atoms with Gasteiger partial charge >= 0.3 is 6.01 Å². The molecule has 0 radical (unpaired) electrons. The topological polar surface area (TPSA) is 110 Å². The monoisotopic (exact) mass is 658 g/mol. The normalized spacial score (nSPS) is 26.8. The first-order valence-electron chi connectivity index (χ1n) is 16.5. The number of phenols is 1. The van der Waals surface area contributed by atoms with Crippen LogP contribution in [-0.2, 0) is 4.74 Å². The van der Waals surface area contributed by atoms with E-state index in [1.54, 1.807) is 0 Å². The molecule has 4 saturated heterocycles. The van der Waals surface area contributed by atoms with Crippen molar-refractivity contribution in [1.82, 2.24) is 19.9 Å². The zero-order valence-electron chi connectivity index (χ0n) is 26.7. The zero-order valence-corrected chi connectivity index (χ0v) is 26.7. The third-order valence-electron chi connectivity index (χ3n) is 11.2. The van der Waals surface area contributed by atoms with E-state index in [-0.39, 0.29) is 63.7 Å². The number of hydrogen-bond donors (Lipinski definition) is 2. The molecule has 0 saturated carbocycles. The van der Waals surface area contributed by atoms with E-state index >= 15 is 4.39 Å². The first-order chi connectivity index (χ1) is 23.1. The van der Waals surface area contributed by atoms with Crippen LogP contribution in [0.5, 0.6) is 11.8 Å². The number of aromatic nitrogens is 3. The fourth-order valence-corrected chi connectivity index (χ4v) is 8.55. The molecule has 0 aliphatic carbocycles. The highest BCUT2D eigenvalue weighted by atomic mass is 19.1. The lowest BCUT2D eigenvalue weighted by molar-refractivity contribution is 0.0973. The molecular weight excluding hydrogens is 621 g/mol. The Hall–Kier alpha value is -4.18. The number of terminal acetylenes is 1. The first kappa shape index (κ1) is 31.1. The highest BCUT2D eigenvalue weighted by molar-refractivity contribution is 6.03. The van der Waals surface area contributed by atoms with Gasteiger partial charge in [-0.15, -0.1) is 6.42 Å². The SMILES string of the molecule is C#Cc1c(F)ccc2cc(O)cc(-c3ncc4c(N5CCC6(CC5)CO[C@@H](C)[C@H]6N)nc(OC[C@@]56CCCN5C[C@H](F)C6)nc4c3F)c12. The predicted octanol–water partition coefficient (Wildman–Crippen LogP) is 5.10. The van der Waals surface area contributed by atoms with Crippen molar-refractivity contribution in [2.75, 3.05) is 44.3 Å². The third-order valence-corrected chi connectivity index (χ3v) is 11.2. The van der Waals surface area contributed by atoms with E-state index in [0.717, 1.165) is 32.2 Å². The fraction of sp³-hybridized carbons (Fsp3) is 0.472. The fourth-order valence-electron chi connectivity index (χ4n) is 8.55. The maximum atomic E-state index is 16.9. The highest BCUT2D eigenvalue weighted by Gasteiger charge is 2.50. The molecular formula is C36H37F3N6O3. The number of alkyl halides is 1. The average Bonchev–Trinajstić information content (AvgIpc) is 3.70. The summed E-state index contributed by atoms with van der Waals surface area (Å²) in [6.07, 6.45) is 9.86. The minimum Gasteiger partial charge on any atom is -0.508 e. The second-order valence-corrected chi connectivity index (χ2v) is 13.9. The van der Waals surface area contributed by atoms with Gasteiger partial charge in [0.2, 0.25) is 0 Å². The molecule has 8 rings (SSSR count). The number of anilines is 1. The number of aromatic hydroxyl groups is 1. The van der Waals surface area contributed by atoms with E-state index in [0.29, 0.717) is 49.3 Å². The smallest absolute Gasteiger partial charge is 0.319 e. The number of piperidine rings is 1. The van der Waals surface area contributed by atoms with Crippen molar-refractivity contribution in [2.45, 2.75) is 62.9 Å². The molecule has 0 unspecified atom stereocenters. The van der Waals surface area contributed by atoms with E-state index in [4.69, 9.17) is 26.6 Å². The lowest BCUT2D eigenvalue weighted by Crippen LogP contribution is -2.50. The number of nitrogens with zero attached hydrogens (tertiary/aromatic N) is 5. The van der Waals surface area contributed by atoms with E-state index in [2.05, 4.69) is 25.7 Å². The van der Waals surface area contributed by atoms with Crippen molar-refractivity contribution in [1.29, 1.82) is 0 Å². The van der Waals surface area contributed by atoms with Crippen LogP contribution in [0.25, 0.3) is 32.9 Å². The van der Waals surface area contributed by atoms with Crippen LogP contribution >= 0.6 is 0 Å². The lowest BCUT2D eigenvalue weighted by Gasteiger charge is -2.41. The molecule has 4 atom stereocenters. The van der Waals surface area contributed by atoms with Crippen molar-refractivity contribution in [3.63, 3.8) is 0 Å². The van der Waals surface area contributed by atoms with Gasteiger partial charge in [0.05, 0.1) is 29.2 Å². The Bertz CT molecular complexity index is 1980. The number of phenolic OH excluding ortho intramolecular Hbond substituents is 1. The first-order valence-corrected chi connectivity index (χ1v) is 16.5. The van der Waals surface area contributed by atoms with E-state index in [1.165, 1.54) is 30.5 Å². The summed E-state index contributed by atoms with van der Waals surface area (Å²) in [6.45, 7) is 5.13. The maximum Gasteiger partial charge on any atom is 0.319 e. The van der Waals surface area contributed by atoms with Gasteiger partial charge in [0, 0.05) is 54.7 Å². The minimum absolute atomic E-state index is 0.0250. The van der Waals surface area contributed by atoms with Gasteiger partial charge in [0.25, 0.3) is 0 Å². The quantitative estimate of drug-likeness (QED) is 0.283. The van der Waals surface area contributed by atoms with E-state index in [9.17, 15) is 13.9 Å². The van der Waals surface area contributed by atoms with Crippen molar-refractivity contribution in [3.8, 4) is 35.4 Å². The van der Waals surface area contributed by atoms with Gasteiger partial charge in [-0.1, -0.05) is 12.0 Å². The molecule has 3 N–H and O–H groups in total. The summed E-state index contributed by atoms with van der Waals surface area (Å²) < 4.78 is 58.4. The zero-order chi connectivity index (χ0) is 33.4. The molecule has 48 heavy (non-hydrogen) atoms. The van der Waals surface area contributed by atoms with Crippen LogP contribution < -0.4 is 15.4 Å². The second kappa shape index (κ2) is 11.5. The Morgan fingerprint density at radius 1 is 1.17 bits per heavy atom.